The number of rotatable bonds is 5. The molecule has 0 saturated carbocycles. The largest absolute Gasteiger partial charge is 0.455 e. The number of furan rings is 2. The first kappa shape index (κ1) is 28.2. The summed E-state index contributed by atoms with van der Waals surface area (Å²) in [5.74, 6) is 1.80. The fourth-order valence-electron chi connectivity index (χ4n) is 6.99. The lowest BCUT2D eigenvalue weighted by Crippen LogP contribution is -2.00. The standard InChI is InChI=1S/C45H27N3O2/c1-3-12-28(13-4-1)29-24-26-31(27-25-29)44-46-43(30-14-5-2-6-15-30)47-45(48-44)37-21-11-23-39-40(37)36-20-10-19-35(42(36)50-39)34-18-9-17-33-32-16-7-8-22-38(32)49-41(33)34/h1-27H. The predicted octanol–water partition coefficient (Wildman–Crippen LogP) is 12.0. The molecule has 0 atom stereocenters. The zero-order valence-electron chi connectivity index (χ0n) is 26.7. The van der Waals surface area contributed by atoms with Crippen LogP contribution in [0.5, 0.6) is 0 Å². The Kier molecular flexibility index (Phi) is 6.42. The lowest BCUT2D eigenvalue weighted by atomic mass is 9.98. The Morgan fingerprint density at radius 3 is 1.50 bits per heavy atom. The van der Waals surface area contributed by atoms with Crippen molar-refractivity contribution in [1.29, 1.82) is 0 Å². The van der Waals surface area contributed by atoms with Crippen molar-refractivity contribution in [3.8, 4) is 56.4 Å². The van der Waals surface area contributed by atoms with Crippen LogP contribution in [0.2, 0.25) is 0 Å². The summed E-state index contributed by atoms with van der Waals surface area (Å²) in [5.41, 5.74) is 10.2. The number of fused-ring (bicyclic) bond motifs is 6. The molecule has 0 aliphatic rings. The molecule has 0 fully saturated rings. The molecule has 3 heterocycles. The molecule has 5 heteroatoms. The number of hydrogen-bond acceptors (Lipinski definition) is 5. The van der Waals surface area contributed by atoms with Crippen LogP contribution in [0.15, 0.2) is 173 Å². The number of benzene rings is 7. The summed E-state index contributed by atoms with van der Waals surface area (Å²) in [6.07, 6.45) is 0. The number of aromatic nitrogens is 3. The maximum absolute atomic E-state index is 6.70. The van der Waals surface area contributed by atoms with E-state index in [-0.39, 0.29) is 0 Å². The minimum Gasteiger partial charge on any atom is -0.455 e. The number of hydrogen-bond donors (Lipinski definition) is 0. The van der Waals surface area contributed by atoms with Gasteiger partial charge in [0.25, 0.3) is 0 Å². The van der Waals surface area contributed by atoms with Gasteiger partial charge in [-0.2, -0.15) is 0 Å². The molecule has 50 heavy (non-hydrogen) atoms. The first-order valence-electron chi connectivity index (χ1n) is 16.6. The molecular formula is C45H27N3O2. The average molecular weight is 642 g/mol. The van der Waals surface area contributed by atoms with E-state index >= 15 is 0 Å². The van der Waals surface area contributed by atoms with Gasteiger partial charge in [0.15, 0.2) is 17.5 Å². The molecule has 0 spiro atoms. The summed E-state index contributed by atoms with van der Waals surface area (Å²) in [6, 6.07) is 55.6. The fraction of sp³-hybridized carbons (Fsp3) is 0. The zero-order chi connectivity index (χ0) is 33.0. The Hall–Kier alpha value is -6.85. The second-order valence-corrected chi connectivity index (χ2v) is 12.4. The Balaban J connectivity index is 1.16. The summed E-state index contributed by atoms with van der Waals surface area (Å²) < 4.78 is 13.1. The molecule has 0 aliphatic carbocycles. The summed E-state index contributed by atoms with van der Waals surface area (Å²) >= 11 is 0. The third-order valence-electron chi connectivity index (χ3n) is 9.38. The molecule has 0 bridgehead atoms. The molecule has 3 aromatic heterocycles. The molecule has 234 valence electrons. The Morgan fingerprint density at radius 1 is 0.300 bits per heavy atom. The van der Waals surface area contributed by atoms with Crippen LogP contribution in [0.4, 0.5) is 0 Å². The van der Waals surface area contributed by atoms with E-state index in [1.54, 1.807) is 0 Å². The van der Waals surface area contributed by atoms with E-state index in [2.05, 4.69) is 97.1 Å². The number of nitrogens with zero attached hydrogens (tertiary/aromatic N) is 3. The van der Waals surface area contributed by atoms with E-state index in [1.165, 1.54) is 0 Å². The van der Waals surface area contributed by atoms with Crippen LogP contribution in [-0.4, -0.2) is 15.0 Å². The molecule has 7 aromatic carbocycles. The summed E-state index contributed by atoms with van der Waals surface area (Å²) in [5, 5.41) is 4.11. The molecule has 5 nitrogen and oxygen atoms in total. The molecule has 0 amide bonds. The summed E-state index contributed by atoms with van der Waals surface area (Å²) in [7, 11) is 0. The van der Waals surface area contributed by atoms with Crippen molar-refractivity contribution in [3.05, 3.63) is 164 Å². The van der Waals surface area contributed by atoms with Crippen molar-refractivity contribution < 1.29 is 8.83 Å². The van der Waals surface area contributed by atoms with Gasteiger partial charge in [0.05, 0.1) is 0 Å². The smallest absolute Gasteiger partial charge is 0.164 e. The molecule has 0 aliphatic heterocycles. The Morgan fingerprint density at radius 2 is 0.760 bits per heavy atom. The highest BCUT2D eigenvalue weighted by molar-refractivity contribution is 6.17. The van der Waals surface area contributed by atoms with E-state index in [1.807, 2.05) is 66.7 Å². The number of para-hydroxylation sites is 3. The van der Waals surface area contributed by atoms with E-state index < -0.39 is 0 Å². The maximum atomic E-state index is 6.70. The Bertz CT molecular complexity index is 2850. The van der Waals surface area contributed by atoms with Crippen LogP contribution in [0.3, 0.4) is 0 Å². The fourth-order valence-corrected chi connectivity index (χ4v) is 6.99. The highest BCUT2D eigenvalue weighted by Crippen LogP contribution is 2.43. The van der Waals surface area contributed by atoms with Crippen LogP contribution >= 0.6 is 0 Å². The van der Waals surface area contributed by atoms with Crippen molar-refractivity contribution in [2.45, 2.75) is 0 Å². The lowest BCUT2D eigenvalue weighted by molar-refractivity contribution is 0.665. The maximum Gasteiger partial charge on any atom is 0.164 e. The van der Waals surface area contributed by atoms with E-state index in [0.29, 0.717) is 17.5 Å². The minimum absolute atomic E-state index is 0.582. The van der Waals surface area contributed by atoms with Crippen LogP contribution in [0, 0.1) is 0 Å². The van der Waals surface area contributed by atoms with Crippen molar-refractivity contribution in [3.63, 3.8) is 0 Å². The monoisotopic (exact) mass is 641 g/mol. The van der Waals surface area contributed by atoms with Crippen molar-refractivity contribution >= 4 is 43.9 Å². The quantitative estimate of drug-likeness (QED) is 0.187. The first-order chi connectivity index (χ1) is 24.8. The molecule has 10 aromatic rings. The highest BCUT2D eigenvalue weighted by atomic mass is 16.3. The second-order valence-electron chi connectivity index (χ2n) is 12.4. The topological polar surface area (TPSA) is 65.0 Å². The summed E-state index contributed by atoms with van der Waals surface area (Å²) in [4.78, 5) is 15.1. The second kappa shape index (κ2) is 11.4. The van der Waals surface area contributed by atoms with Crippen LogP contribution in [-0.2, 0) is 0 Å². The van der Waals surface area contributed by atoms with Gasteiger partial charge in [-0.1, -0.05) is 152 Å². The SMILES string of the molecule is c1ccc(-c2ccc(-c3nc(-c4ccccc4)nc(-c4cccc5oc6c(-c7cccc8c7oc7ccccc78)cccc6c45)n3)cc2)cc1. The molecule has 0 unspecified atom stereocenters. The van der Waals surface area contributed by atoms with Crippen LogP contribution < -0.4 is 0 Å². The Labute approximate surface area is 287 Å². The van der Waals surface area contributed by atoms with Gasteiger partial charge < -0.3 is 8.83 Å². The van der Waals surface area contributed by atoms with Crippen molar-refractivity contribution in [2.75, 3.05) is 0 Å². The van der Waals surface area contributed by atoms with E-state index in [0.717, 1.165) is 82.8 Å². The van der Waals surface area contributed by atoms with Crippen molar-refractivity contribution in [2.24, 2.45) is 0 Å². The summed E-state index contributed by atoms with van der Waals surface area (Å²) in [6.45, 7) is 0. The first-order valence-corrected chi connectivity index (χ1v) is 16.6. The minimum atomic E-state index is 0.582. The lowest BCUT2D eigenvalue weighted by Gasteiger charge is -2.10. The zero-order valence-corrected chi connectivity index (χ0v) is 26.7. The molecular weight excluding hydrogens is 615 g/mol. The molecule has 0 saturated heterocycles. The third kappa shape index (κ3) is 4.60. The predicted molar refractivity (Wildman–Crippen MR) is 202 cm³/mol. The van der Waals surface area contributed by atoms with Gasteiger partial charge in [0, 0.05) is 49.4 Å². The van der Waals surface area contributed by atoms with Gasteiger partial charge >= 0.3 is 0 Å². The molecule has 0 N–H and O–H groups in total. The van der Waals surface area contributed by atoms with E-state index in [9.17, 15) is 0 Å². The molecule has 0 radical (unpaired) electrons. The van der Waals surface area contributed by atoms with Crippen molar-refractivity contribution in [1.82, 2.24) is 15.0 Å². The third-order valence-corrected chi connectivity index (χ3v) is 9.38. The van der Waals surface area contributed by atoms with E-state index in [4.69, 9.17) is 23.8 Å². The highest BCUT2D eigenvalue weighted by Gasteiger charge is 2.21. The van der Waals surface area contributed by atoms with Gasteiger partial charge in [0.1, 0.15) is 22.3 Å². The van der Waals surface area contributed by atoms with Crippen LogP contribution in [0.25, 0.3) is 100 Å². The van der Waals surface area contributed by atoms with Gasteiger partial charge in [-0.3, -0.25) is 0 Å². The van der Waals surface area contributed by atoms with Gasteiger partial charge in [-0.25, -0.2) is 15.0 Å². The van der Waals surface area contributed by atoms with Gasteiger partial charge in [-0.15, -0.1) is 0 Å². The molecule has 10 rings (SSSR count). The van der Waals surface area contributed by atoms with Gasteiger partial charge in [-0.05, 0) is 23.3 Å². The normalized spacial score (nSPS) is 11.6. The van der Waals surface area contributed by atoms with Gasteiger partial charge in [0.2, 0.25) is 0 Å². The average Bonchev–Trinajstić information content (AvgIpc) is 3.77. The van der Waals surface area contributed by atoms with Crippen LogP contribution in [0.1, 0.15) is 0 Å².